The third kappa shape index (κ3) is 3.79. The maximum absolute atomic E-state index is 11.9. The molecule has 124 valence electrons. The zero-order valence-electron chi connectivity index (χ0n) is 11.8. The lowest BCUT2D eigenvalue weighted by Crippen LogP contribution is -2.17. The standard InChI is InChI=1S/C14H10BrN3O6/c15-8-1-2-11(19)9(4-8)14(22)17-16-6-7-3-10(18(23)24)13(21)5-12(7)20/h1-6,19-21H,(H,17,22)/b16-6-. The highest BCUT2D eigenvalue weighted by molar-refractivity contribution is 9.10. The van der Waals surface area contributed by atoms with E-state index in [0.29, 0.717) is 4.47 Å². The monoisotopic (exact) mass is 395 g/mol. The van der Waals surface area contributed by atoms with Crippen molar-refractivity contribution in [1.82, 2.24) is 5.43 Å². The molecule has 0 aliphatic rings. The predicted octanol–water partition coefficient (Wildman–Crippen LogP) is 2.24. The number of benzene rings is 2. The molecule has 0 radical (unpaired) electrons. The van der Waals surface area contributed by atoms with E-state index in [9.17, 15) is 30.2 Å². The molecule has 0 spiro atoms. The number of aromatic hydroxyl groups is 3. The lowest BCUT2D eigenvalue weighted by molar-refractivity contribution is -0.385. The molecule has 0 saturated heterocycles. The molecule has 0 aliphatic carbocycles. The summed E-state index contributed by atoms with van der Waals surface area (Å²) in [4.78, 5) is 21.8. The summed E-state index contributed by atoms with van der Waals surface area (Å²) in [6.07, 6.45) is 0.967. The van der Waals surface area contributed by atoms with Crippen LogP contribution < -0.4 is 5.43 Å². The van der Waals surface area contributed by atoms with Gasteiger partial charge in [0.1, 0.15) is 11.5 Å². The van der Waals surface area contributed by atoms with E-state index in [1.54, 1.807) is 6.07 Å². The lowest BCUT2D eigenvalue weighted by atomic mass is 10.2. The van der Waals surface area contributed by atoms with Gasteiger partial charge in [-0.1, -0.05) is 15.9 Å². The molecule has 0 heterocycles. The molecule has 0 atom stereocenters. The second-order valence-electron chi connectivity index (χ2n) is 4.52. The number of phenolic OH excluding ortho intramolecular Hbond substituents is 3. The Hall–Kier alpha value is -3.14. The Kier molecular flexibility index (Phi) is 4.99. The molecule has 0 saturated carbocycles. The van der Waals surface area contributed by atoms with E-state index in [4.69, 9.17) is 0 Å². The Morgan fingerprint density at radius 2 is 1.88 bits per heavy atom. The molecule has 1 amide bonds. The summed E-state index contributed by atoms with van der Waals surface area (Å²) in [5.74, 6) is -2.13. The minimum atomic E-state index is -0.829. The van der Waals surface area contributed by atoms with Gasteiger partial charge < -0.3 is 15.3 Å². The molecule has 4 N–H and O–H groups in total. The predicted molar refractivity (Wildman–Crippen MR) is 87.3 cm³/mol. The summed E-state index contributed by atoms with van der Waals surface area (Å²) in [6, 6.07) is 5.93. The average Bonchev–Trinajstić information content (AvgIpc) is 2.51. The number of carbonyl (C=O) groups excluding carboxylic acids is 1. The van der Waals surface area contributed by atoms with E-state index in [-0.39, 0.29) is 16.9 Å². The summed E-state index contributed by atoms with van der Waals surface area (Å²) in [5, 5.41) is 42.9. The quantitative estimate of drug-likeness (QED) is 0.354. The molecule has 10 heteroatoms. The van der Waals surface area contributed by atoms with E-state index in [0.717, 1.165) is 18.3 Å². The molecule has 2 rings (SSSR count). The number of hydrogen-bond acceptors (Lipinski definition) is 7. The zero-order valence-corrected chi connectivity index (χ0v) is 13.4. The first-order valence-corrected chi connectivity index (χ1v) is 7.11. The third-order valence-corrected chi connectivity index (χ3v) is 3.39. The highest BCUT2D eigenvalue weighted by Crippen LogP contribution is 2.32. The number of rotatable bonds is 4. The van der Waals surface area contributed by atoms with E-state index in [1.807, 2.05) is 0 Å². The second-order valence-corrected chi connectivity index (χ2v) is 5.43. The van der Waals surface area contributed by atoms with Crippen molar-refractivity contribution in [2.75, 3.05) is 0 Å². The van der Waals surface area contributed by atoms with Crippen LogP contribution in [0.4, 0.5) is 5.69 Å². The number of carbonyl (C=O) groups is 1. The van der Waals surface area contributed by atoms with Crippen LogP contribution in [0.15, 0.2) is 39.9 Å². The zero-order chi connectivity index (χ0) is 17.9. The molecular weight excluding hydrogens is 386 g/mol. The van der Waals surface area contributed by atoms with Gasteiger partial charge in [-0.05, 0) is 18.2 Å². The summed E-state index contributed by atoms with van der Waals surface area (Å²) in [6.45, 7) is 0. The minimum absolute atomic E-state index is 0.0394. The molecule has 2 aromatic carbocycles. The smallest absolute Gasteiger partial charge is 0.311 e. The van der Waals surface area contributed by atoms with Crippen LogP contribution in [0.3, 0.4) is 0 Å². The van der Waals surface area contributed by atoms with Gasteiger partial charge in [0.15, 0.2) is 5.75 Å². The first kappa shape index (κ1) is 17.2. The van der Waals surface area contributed by atoms with Crippen LogP contribution in [0.2, 0.25) is 0 Å². The van der Waals surface area contributed by atoms with Gasteiger partial charge in [-0.3, -0.25) is 14.9 Å². The van der Waals surface area contributed by atoms with Crippen molar-refractivity contribution in [3.05, 3.63) is 56.0 Å². The van der Waals surface area contributed by atoms with Crippen LogP contribution >= 0.6 is 15.9 Å². The number of nitrogens with zero attached hydrogens (tertiary/aromatic N) is 2. The first-order valence-electron chi connectivity index (χ1n) is 6.32. The van der Waals surface area contributed by atoms with Gasteiger partial charge in [0.05, 0.1) is 16.7 Å². The summed E-state index contributed by atoms with van der Waals surface area (Å²) in [7, 11) is 0. The van der Waals surface area contributed by atoms with E-state index in [2.05, 4.69) is 26.5 Å². The summed E-state index contributed by atoms with van der Waals surface area (Å²) < 4.78 is 0.571. The van der Waals surface area contributed by atoms with Gasteiger partial charge in [-0.25, -0.2) is 5.43 Å². The molecule has 0 aromatic heterocycles. The van der Waals surface area contributed by atoms with Gasteiger partial charge in [-0.2, -0.15) is 5.10 Å². The molecule has 0 bridgehead atoms. The fraction of sp³-hybridized carbons (Fsp3) is 0. The Labute approximate surface area is 143 Å². The number of halogens is 1. The van der Waals surface area contributed by atoms with E-state index in [1.165, 1.54) is 12.1 Å². The Bertz CT molecular complexity index is 853. The fourth-order valence-corrected chi connectivity index (χ4v) is 2.10. The van der Waals surface area contributed by atoms with Gasteiger partial charge in [0, 0.05) is 22.2 Å². The lowest BCUT2D eigenvalue weighted by Gasteiger charge is -2.04. The molecule has 0 unspecified atom stereocenters. The Morgan fingerprint density at radius 3 is 2.54 bits per heavy atom. The van der Waals surface area contributed by atoms with Crippen LogP contribution in [-0.2, 0) is 0 Å². The number of phenols is 3. The fourth-order valence-electron chi connectivity index (χ4n) is 1.74. The SMILES string of the molecule is O=C(N/N=C\c1cc([N+](=O)[O-])c(O)cc1O)c1cc(Br)ccc1O. The Morgan fingerprint density at radius 1 is 1.17 bits per heavy atom. The maximum atomic E-state index is 11.9. The summed E-state index contributed by atoms with van der Waals surface area (Å²) >= 11 is 3.16. The number of nitrogens with one attached hydrogen (secondary N) is 1. The average molecular weight is 396 g/mol. The van der Waals surface area contributed by atoms with Crippen LogP contribution in [0.1, 0.15) is 15.9 Å². The van der Waals surface area contributed by atoms with Crippen molar-refractivity contribution < 1.29 is 25.0 Å². The highest BCUT2D eigenvalue weighted by atomic mass is 79.9. The normalized spacial score (nSPS) is 10.7. The number of nitro groups is 1. The van der Waals surface area contributed by atoms with Crippen molar-refractivity contribution in [1.29, 1.82) is 0 Å². The largest absolute Gasteiger partial charge is 0.507 e. The number of amides is 1. The van der Waals surface area contributed by atoms with Crippen molar-refractivity contribution in [3.8, 4) is 17.2 Å². The molecule has 0 aliphatic heterocycles. The Balaban J connectivity index is 2.20. The molecule has 0 fully saturated rings. The van der Waals surface area contributed by atoms with Crippen LogP contribution in [0, 0.1) is 10.1 Å². The van der Waals surface area contributed by atoms with Crippen molar-refractivity contribution >= 4 is 33.7 Å². The topological polar surface area (TPSA) is 145 Å². The molecular formula is C14H10BrN3O6. The second kappa shape index (κ2) is 6.96. The first-order chi connectivity index (χ1) is 11.3. The molecule has 2 aromatic rings. The van der Waals surface area contributed by atoms with Gasteiger partial charge in [0.2, 0.25) is 0 Å². The maximum Gasteiger partial charge on any atom is 0.311 e. The van der Waals surface area contributed by atoms with Crippen molar-refractivity contribution in [2.45, 2.75) is 0 Å². The number of hydrogen-bond donors (Lipinski definition) is 4. The molecule has 9 nitrogen and oxygen atoms in total. The van der Waals surface area contributed by atoms with Gasteiger partial charge in [-0.15, -0.1) is 0 Å². The van der Waals surface area contributed by atoms with Gasteiger partial charge >= 0.3 is 5.69 Å². The van der Waals surface area contributed by atoms with Crippen LogP contribution in [0.5, 0.6) is 17.2 Å². The number of nitro benzene ring substituents is 1. The number of hydrazone groups is 1. The van der Waals surface area contributed by atoms with Crippen LogP contribution in [0.25, 0.3) is 0 Å². The third-order valence-electron chi connectivity index (χ3n) is 2.89. The van der Waals surface area contributed by atoms with E-state index >= 15 is 0 Å². The van der Waals surface area contributed by atoms with Crippen LogP contribution in [-0.4, -0.2) is 32.4 Å². The van der Waals surface area contributed by atoms with E-state index < -0.39 is 28.0 Å². The molecule has 24 heavy (non-hydrogen) atoms. The minimum Gasteiger partial charge on any atom is -0.507 e. The van der Waals surface area contributed by atoms with Gasteiger partial charge in [0.25, 0.3) is 5.91 Å². The van der Waals surface area contributed by atoms with Crippen molar-refractivity contribution in [3.63, 3.8) is 0 Å². The summed E-state index contributed by atoms with van der Waals surface area (Å²) in [5.41, 5.74) is 1.37. The van der Waals surface area contributed by atoms with Crippen molar-refractivity contribution in [2.24, 2.45) is 5.10 Å². The highest BCUT2D eigenvalue weighted by Gasteiger charge is 2.17.